The van der Waals surface area contributed by atoms with Gasteiger partial charge in [0.15, 0.2) is 0 Å². The van der Waals surface area contributed by atoms with Crippen molar-refractivity contribution in [2.24, 2.45) is 0 Å². The Balaban J connectivity index is 0.000000136. The Labute approximate surface area is 481 Å². The number of rotatable bonds is 24. The summed E-state index contributed by atoms with van der Waals surface area (Å²) in [5.41, 5.74) is 8.38. The summed E-state index contributed by atoms with van der Waals surface area (Å²) in [6, 6.07) is 91.8. The first-order valence-electron chi connectivity index (χ1n) is 29.7. The summed E-state index contributed by atoms with van der Waals surface area (Å²) in [4.78, 5) is 0. The van der Waals surface area contributed by atoms with Crippen LogP contribution in [-0.2, 0) is 52.7 Å². The number of ether oxygens (including phenoxy) is 3. The Hall–Kier alpha value is -7.92. The molecule has 0 saturated carbocycles. The van der Waals surface area contributed by atoms with Gasteiger partial charge in [-0.3, -0.25) is 0 Å². The summed E-state index contributed by atoms with van der Waals surface area (Å²) in [5.74, 6) is 0. The van der Waals surface area contributed by atoms with E-state index < -0.39 is 0 Å². The van der Waals surface area contributed by atoms with Gasteiger partial charge in [-0.25, -0.2) is 0 Å². The Kier molecular flexibility index (Phi) is 21.3. The number of benzene rings is 12. The minimum Gasteiger partial charge on any atom is -0.381 e. The molecule has 12 aromatic rings. The van der Waals surface area contributed by atoms with Gasteiger partial charge in [0.1, 0.15) is 0 Å². The molecule has 0 aromatic heterocycles. The largest absolute Gasteiger partial charge is 0.381 e. The second kappa shape index (κ2) is 30.6. The van der Waals surface area contributed by atoms with Crippen LogP contribution in [0.5, 0.6) is 0 Å². The van der Waals surface area contributed by atoms with Gasteiger partial charge in [0.2, 0.25) is 0 Å². The molecule has 12 aromatic carbocycles. The molecular weight excluding hydrogens is 985 g/mol. The third kappa shape index (κ3) is 17.5. The summed E-state index contributed by atoms with van der Waals surface area (Å²) < 4.78 is 17.6. The van der Waals surface area contributed by atoms with Gasteiger partial charge >= 0.3 is 0 Å². The maximum atomic E-state index is 5.85. The van der Waals surface area contributed by atoms with E-state index in [1.54, 1.807) is 0 Å². The number of fused-ring (bicyclic) bond motifs is 6. The minimum absolute atomic E-state index is 0.838. The van der Waals surface area contributed by atoms with Crippen molar-refractivity contribution in [1.82, 2.24) is 0 Å². The summed E-state index contributed by atoms with van der Waals surface area (Å²) in [6.45, 7) is 5.03. The SMILES string of the molecule is c1ccc2cc(CCCOCCCc3ccc4ccccc4c3)ccc2c1.c1ccc2cc(CCCOCCCc3ccc4ccccc4c3)ccc2c1.c1ccc2cc(CCCOCCCc3ccc4ccccc4c3)ccc2c1. The van der Waals surface area contributed by atoms with Crippen LogP contribution in [0, 0.1) is 0 Å². The fourth-order valence-electron chi connectivity index (χ4n) is 10.9. The van der Waals surface area contributed by atoms with Crippen LogP contribution >= 0.6 is 0 Å². The molecule has 0 atom stereocenters. The van der Waals surface area contributed by atoms with Crippen molar-refractivity contribution in [3.63, 3.8) is 0 Å². The zero-order chi connectivity index (χ0) is 54.9. The lowest BCUT2D eigenvalue weighted by Gasteiger charge is -2.07. The average molecular weight is 1060 g/mol. The lowest BCUT2D eigenvalue weighted by Crippen LogP contribution is -2.00. The Bertz CT molecular complexity index is 3210. The Morgan fingerprint density at radius 3 is 0.469 bits per heavy atom. The molecule has 3 nitrogen and oxygen atoms in total. The molecule has 81 heavy (non-hydrogen) atoms. The predicted molar refractivity (Wildman–Crippen MR) is 346 cm³/mol. The van der Waals surface area contributed by atoms with Crippen molar-refractivity contribution in [3.05, 3.63) is 288 Å². The van der Waals surface area contributed by atoms with Gasteiger partial charge in [0.25, 0.3) is 0 Å². The molecule has 0 aliphatic rings. The molecule has 0 aliphatic carbocycles. The van der Waals surface area contributed by atoms with Crippen molar-refractivity contribution >= 4 is 64.6 Å². The Morgan fingerprint density at radius 2 is 0.309 bits per heavy atom. The topological polar surface area (TPSA) is 27.7 Å². The van der Waals surface area contributed by atoms with Crippen LogP contribution < -0.4 is 0 Å². The lowest BCUT2D eigenvalue weighted by atomic mass is 10.0. The van der Waals surface area contributed by atoms with Crippen LogP contribution in [-0.4, -0.2) is 39.6 Å². The second-order valence-electron chi connectivity index (χ2n) is 21.5. The zero-order valence-electron chi connectivity index (χ0n) is 47.2. The molecule has 0 aliphatic heterocycles. The average Bonchev–Trinajstić information content (AvgIpc) is 3.52. The molecule has 0 saturated heterocycles. The highest BCUT2D eigenvalue weighted by Crippen LogP contribution is 2.22. The van der Waals surface area contributed by atoms with Gasteiger partial charge in [-0.2, -0.15) is 0 Å². The first kappa shape index (κ1) is 56.4. The molecule has 0 bridgehead atoms. The molecule has 0 amide bonds. The zero-order valence-corrected chi connectivity index (χ0v) is 47.2. The van der Waals surface area contributed by atoms with E-state index >= 15 is 0 Å². The van der Waals surface area contributed by atoms with Crippen LogP contribution in [0.3, 0.4) is 0 Å². The normalized spacial score (nSPS) is 11.3. The van der Waals surface area contributed by atoms with Crippen molar-refractivity contribution in [2.45, 2.75) is 77.0 Å². The fourth-order valence-corrected chi connectivity index (χ4v) is 10.9. The quantitative estimate of drug-likeness (QED) is 0.0565. The Morgan fingerprint density at radius 1 is 0.160 bits per heavy atom. The van der Waals surface area contributed by atoms with E-state index in [1.807, 2.05) is 0 Å². The van der Waals surface area contributed by atoms with E-state index in [0.717, 1.165) is 117 Å². The number of hydrogen-bond acceptors (Lipinski definition) is 3. The molecule has 0 heterocycles. The monoisotopic (exact) mass is 1060 g/mol. The minimum atomic E-state index is 0.838. The third-order valence-corrected chi connectivity index (χ3v) is 15.4. The van der Waals surface area contributed by atoms with Gasteiger partial charge < -0.3 is 14.2 Å². The molecule has 3 heteroatoms. The molecule has 12 rings (SSSR count). The maximum Gasteiger partial charge on any atom is 0.0469 e. The van der Waals surface area contributed by atoms with Crippen LogP contribution in [0.25, 0.3) is 64.6 Å². The van der Waals surface area contributed by atoms with E-state index in [-0.39, 0.29) is 0 Å². The molecule has 0 spiro atoms. The summed E-state index contributed by atoms with van der Waals surface area (Å²) in [7, 11) is 0. The van der Waals surface area contributed by atoms with E-state index in [4.69, 9.17) is 14.2 Å². The van der Waals surface area contributed by atoms with Gasteiger partial charge in [0, 0.05) is 39.6 Å². The molecule has 0 radical (unpaired) electrons. The van der Waals surface area contributed by atoms with Gasteiger partial charge in [-0.1, -0.05) is 255 Å². The molecule has 0 fully saturated rings. The van der Waals surface area contributed by atoms with Crippen LogP contribution in [0.4, 0.5) is 0 Å². The van der Waals surface area contributed by atoms with Crippen LogP contribution in [0.2, 0.25) is 0 Å². The van der Waals surface area contributed by atoms with Gasteiger partial charge in [-0.05, 0) is 175 Å². The molecule has 0 unspecified atom stereocenters. The van der Waals surface area contributed by atoms with Crippen molar-refractivity contribution in [2.75, 3.05) is 39.6 Å². The molecule has 0 N–H and O–H groups in total. The molecule has 408 valence electrons. The van der Waals surface area contributed by atoms with Crippen LogP contribution in [0.15, 0.2) is 255 Å². The van der Waals surface area contributed by atoms with E-state index in [0.29, 0.717) is 0 Å². The fraction of sp³-hybridized carbons (Fsp3) is 0.231. The highest BCUT2D eigenvalue weighted by atomic mass is 16.5. The highest BCUT2D eigenvalue weighted by Gasteiger charge is 2.04. The van der Waals surface area contributed by atoms with Crippen molar-refractivity contribution in [1.29, 1.82) is 0 Å². The maximum absolute atomic E-state index is 5.85. The van der Waals surface area contributed by atoms with Crippen LogP contribution in [0.1, 0.15) is 71.9 Å². The first-order valence-corrected chi connectivity index (χ1v) is 29.7. The van der Waals surface area contributed by atoms with Crippen molar-refractivity contribution < 1.29 is 14.2 Å². The molecular formula is C78H78O3. The highest BCUT2D eigenvalue weighted by molar-refractivity contribution is 5.86. The number of hydrogen-bond donors (Lipinski definition) is 0. The lowest BCUT2D eigenvalue weighted by molar-refractivity contribution is 0.129. The predicted octanol–water partition coefficient (Wildman–Crippen LogP) is 19.7. The first-order chi connectivity index (χ1) is 40.1. The standard InChI is InChI=1S/3C26H26O/c3*1-3-11-25-19-21(13-15-23(25)9-1)7-5-17-27-18-6-8-22-14-16-24-10-2-4-12-26(24)20-22/h3*1-4,9-16,19-20H,5-8,17-18H2. The van der Waals surface area contributed by atoms with E-state index in [1.165, 1.54) is 98.0 Å². The number of aryl methyl sites for hydroxylation is 6. The van der Waals surface area contributed by atoms with Gasteiger partial charge in [-0.15, -0.1) is 0 Å². The third-order valence-electron chi connectivity index (χ3n) is 15.4. The van der Waals surface area contributed by atoms with E-state index in [9.17, 15) is 0 Å². The second-order valence-corrected chi connectivity index (χ2v) is 21.5. The summed E-state index contributed by atoms with van der Waals surface area (Å²) in [5, 5.41) is 15.8. The summed E-state index contributed by atoms with van der Waals surface area (Å²) in [6.07, 6.45) is 12.9. The smallest absolute Gasteiger partial charge is 0.0469 e. The van der Waals surface area contributed by atoms with Crippen molar-refractivity contribution in [3.8, 4) is 0 Å². The van der Waals surface area contributed by atoms with E-state index in [2.05, 4.69) is 255 Å². The summed E-state index contributed by atoms with van der Waals surface area (Å²) >= 11 is 0. The van der Waals surface area contributed by atoms with Gasteiger partial charge in [0.05, 0.1) is 0 Å².